The molecule has 0 bridgehead atoms. The Morgan fingerprint density at radius 1 is 1.33 bits per heavy atom. The molecule has 0 atom stereocenters. The van der Waals surface area contributed by atoms with Crippen LogP contribution in [-0.2, 0) is 0 Å². The third-order valence-electron chi connectivity index (χ3n) is 2.47. The van der Waals surface area contributed by atoms with E-state index in [0.717, 1.165) is 12.8 Å². The zero-order valence-electron chi connectivity index (χ0n) is 9.23. The topological polar surface area (TPSA) is 54.9 Å². The highest BCUT2D eigenvalue weighted by molar-refractivity contribution is 5.90. The van der Waals surface area contributed by atoms with Gasteiger partial charge in [-0.2, -0.15) is 0 Å². The van der Waals surface area contributed by atoms with Gasteiger partial charge in [0.15, 0.2) is 0 Å². The van der Waals surface area contributed by atoms with E-state index < -0.39 is 0 Å². The average Bonchev–Trinajstić information content (AvgIpc) is 2.31. The van der Waals surface area contributed by atoms with Gasteiger partial charge in [0.1, 0.15) is 0 Å². The zero-order chi connectivity index (χ0) is 11.1. The van der Waals surface area contributed by atoms with Crippen molar-refractivity contribution in [3.63, 3.8) is 0 Å². The van der Waals surface area contributed by atoms with E-state index in [-0.39, 0.29) is 11.7 Å². The van der Waals surface area contributed by atoms with Gasteiger partial charge in [0.05, 0.1) is 0 Å². The molecule has 1 rings (SSSR count). The molecule has 82 valence electrons. The summed E-state index contributed by atoms with van der Waals surface area (Å²) in [6.07, 6.45) is 5.29. The Morgan fingerprint density at radius 3 is 2.47 bits per heavy atom. The minimum atomic E-state index is -0.192. The molecule has 1 aromatic rings. The lowest BCUT2D eigenvalue weighted by Crippen LogP contribution is -2.30. The van der Waals surface area contributed by atoms with E-state index in [9.17, 15) is 4.79 Å². The predicted molar refractivity (Wildman–Crippen MR) is 58.4 cm³/mol. The standard InChI is InChI=1S/C11H17N3O/c1-3-9(4-2)8-14-11(15)10-12-6-5-7-13-10/h5-7,9H,3-4,8H2,1-2H3,(H,14,15). The average molecular weight is 207 g/mol. The van der Waals surface area contributed by atoms with Gasteiger partial charge in [-0.25, -0.2) is 9.97 Å². The molecule has 0 aromatic carbocycles. The van der Waals surface area contributed by atoms with E-state index in [2.05, 4.69) is 29.1 Å². The summed E-state index contributed by atoms with van der Waals surface area (Å²) in [7, 11) is 0. The van der Waals surface area contributed by atoms with E-state index in [1.165, 1.54) is 0 Å². The summed E-state index contributed by atoms with van der Waals surface area (Å²) in [6, 6.07) is 1.69. The summed E-state index contributed by atoms with van der Waals surface area (Å²) < 4.78 is 0. The molecule has 0 spiro atoms. The first kappa shape index (κ1) is 11.6. The predicted octanol–water partition coefficient (Wildman–Crippen LogP) is 1.64. The fourth-order valence-corrected chi connectivity index (χ4v) is 1.31. The molecule has 0 radical (unpaired) electrons. The molecule has 0 saturated carbocycles. The first-order valence-electron chi connectivity index (χ1n) is 5.33. The van der Waals surface area contributed by atoms with Crippen LogP contribution in [0.25, 0.3) is 0 Å². The lowest BCUT2D eigenvalue weighted by atomic mass is 10.0. The Balaban J connectivity index is 2.43. The number of nitrogens with zero attached hydrogens (tertiary/aromatic N) is 2. The van der Waals surface area contributed by atoms with Crippen molar-refractivity contribution in [3.05, 3.63) is 24.3 Å². The molecular weight excluding hydrogens is 190 g/mol. The molecule has 1 aromatic heterocycles. The van der Waals surface area contributed by atoms with Crippen molar-refractivity contribution in [3.8, 4) is 0 Å². The number of rotatable bonds is 5. The maximum atomic E-state index is 11.5. The van der Waals surface area contributed by atoms with Crippen molar-refractivity contribution in [2.45, 2.75) is 26.7 Å². The normalized spacial score (nSPS) is 10.3. The number of carbonyl (C=O) groups is 1. The summed E-state index contributed by atoms with van der Waals surface area (Å²) >= 11 is 0. The molecule has 0 fully saturated rings. The van der Waals surface area contributed by atoms with Gasteiger partial charge >= 0.3 is 0 Å². The van der Waals surface area contributed by atoms with Gasteiger partial charge in [0.25, 0.3) is 5.91 Å². The molecule has 4 nitrogen and oxygen atoms in total. The molecule has 1 N–H and O–H groups in total. The number of hydrogen-bond acceptors (Lipinski definition) is 3. The quantitative estimate of drug-likeness (QED) is 0.798. The van der Waals surface area contributed by atoms with Crippen LogP contribution >= 0.6 is 0 Å². The number of nitrogens with one attached hydrogen (secondary N) is 1. The Kier molecular flexibility index (Phi) is 4.74. The molecule has 0 aliphatic heterocycles. The van der Waals surface area contributed by atoms with Crippen LogP contribution in [0.3, 0.4) is 0 Å². The maximum absolute atomic E-state index is 11.5. The molecule has 0 unspecified atom stereocenters. The smallest absolute Gasteiger partial charge is 0.289 e. The fraction of sp³-hybridized carbons (Fsp3) is 0.545. The van der Waals surface area contributed by atoms with Crippen molar-refractivity contribution in [2.24, 2.45) is 5.92 Å². The fourth-order valence-electron chi connectivity index (χ4n) is 1.31. The second-order valence-corrected chi connectivity index (χ2v) is 3.46. The minimum absolute atomic E-state index is 0.192. The molecule has 1 amide bonds. The van der Waals surface area contributed by atoms with Crippen molar-refractivity contribution >= 4 is 5.91 Å². The van der Waals surface area contributed by atoms with Crippen LogP contribution in [0.1, 0.15) is 37.3 Å². The van der Waals surface area contributed by atoms with Gasteiger partial charge in [-0.15, -0.1) is 0 Å². The SMILES string of the molecule is CCC(CC)CNC(=O)c1ncccn1. The second-order valence-electron chi connectivity index (χ2n) is 3.46. The third-order valence-corrected chi connectivity index (χ3v) is 2.47. The van der Waals surface area contributed by atoms with E-state index in [4.69, 9.17) is 0 Å². The summed E-state index contributed by atoms with van der Waals surface area (Å²) in [5, 5.41) is 2.84. The lowest BCUT2D eigenvalue weighted by molar-refractivity contribution is 0.0936. The van der Waals surface area contributed by atoms with Crippen LogP contribution in [0.2, 0.25) is 0 Å². The summed E-state index contributed by atoms with van der Waals surface area (Å²) in [4.78, 5) is 19.3. The van der Waals surface area contributed by atoms with Crippen molar-refractivity contribution in [2.75, 3.05) is 6.54 Å². The van der Waals surface area contributed by atoms with Gasteiger partial charge in [-0.05, 0) is 12.0 Å². The van der Waals surface area contributed by atoms with Crippen molar-refractivity contribution < 1.29 is 4.79 Å². The monoisotopic (exact) mass is 207 g/mol. The van der Waals surface area contributed by atoms with Gasteiger partial charge in [0.2, 0.25) is 5.82 Å². The highest BCUT2D eigenvalue weighted by Crippen LogP contribution is 2.05. The van der Waals surface area contributed by atoms with Crippen LogP contribution in [0.4, 0.5) is 0 Å². The minimum Gasteiger partial charge on any atom is -0.349 e. The van der Waals surface area contributed by atoms with Crippen LogP contribution < -0.4 is 5.32 Å². The van der Waals surface area contributed by atoms with E-state index >= 15 is 0 Å². The maximum Gasteiger partial charge on any atom is 0.289 e. The van der Waals surface area contributed by atoms with E-state index in [1.807, 2.05) is 0 Å². The van der Waals surface area contributed by atoms with Gasteiger partial charge < -0.3 is 5.32 Å². The Hall–Kier alpha value is -1.45. The summed E-state index contributed by atoms with van der Waals surface area (Å²) in [6.45, 7) is 4.95. The molecule has 1 heterocycles. The Morgan fingerprint density at radius 2 is 1.93 bits per heavy atom. The van der Waals surface area contributed by atoms with Gasteiger partial charge in [-0.3, -0.25) is 4.79 Å². The summed E-state index contributed by atoms with van der Waals surface area (Å²) in [5.41, 5.74) is 0. The van der Waals surface area contributed by atoms with Crippen LogP contribution in [0.15, 0.2) is 18.5 Å². The highest BCUT2D eigenvalue weighted by atomic mass is 16.2. The molecule has 0 aliphatic carbocycles. The number of hydrogen-bond donors (Lipinski definition) is 1. The number of amides is 1. The first-order chi connectivity index (χ1) is 7.27. The molecular formula is C11H17N3O. The summed E-state index contributed by atoms with van der Waals surface area (Å²) in [5.74, 6) is 0.587. The number of carbonyl (C=O) groups excluding carboxylic acids is 1. The molecule has 4 heteroatoms. The van der Waals surface area contributed by atoms with E-state index in [0.29, 0.717) is 12.5 Å². The van der Waals surface area contributed by atoms with Crippen molar-refractivity contribution in [1.82, 2.24) is 15.3 Å². The molecule has 15 heavy (non-hydrogen) atoms. The Bertz CT molecular complexity index is 296. The van der Waals surface area contributed by atoms with Crippen LogP contribution in [-0.4, -0.2) is 22.4 Å². The van der Waals surface area contributed by atoms with Crippen molar-refractivity contribution in [1.29, 1.82) is 0 Å². The lowest BCUT2D eigenvalue weighted by Gasteiger charge is -2.12. The first-order valence-corrected chi connectivity index (χ1v) is 5.33. The van der Waals surface area contributed by atoms with E-state index in [1.54, 1.807) is 18.5 Å². The van der Waals surface area contributed by atoms with Gasteiger partial charge in [0, 0.05) is 18.9 Å². The van der Waals surface area contributed by atoms with Crippen LogP contribution in [0.5, 0.6) is 0 Å². The van der Waals surface area contributed by atoms with Gasteiger partial charge in [-0.1, -0.05) is 26.7 Å². The van der Waals surface area contributed by atoms with Crippen LogP contribution in [0, 0.1) is 5.92 Å². The zero-order valence-corrected chi connectivity index (χ0v) is 9.23. The second kappa shape index (κ2) is 6.11. The number of aromatic nitrogens is 2. The highest BCUT2D eigenvalue weighted by Gasteiger charge is 2.09. The molecule has 0 saturated heterocycles. The Labute approximate surface area is 90.1 Å². The third kappa shape index (κ3) is 3.65. The largest absolute Gasteiger partial charge is 0.349 e. The molecule has 0 aliphatic rings.